The summed E-state index contributed by atoms with van der Waals surface area (Å²) in [6.45, 7) is 3.80. The minimum absolute atomic E-state index is 0.175. The Kier molecular flexibility index (Phi) is 6.81. The van der Waals surface area contributed by atoms with Crippen molar-refractivity contribution in [2.75, 3.05) is 41.3 Å². The molecular formula is C20H33N3O. The Bertz CT molecular complexity index is 537. The highest BCUT2D eigenvalue weighted by Crippen LogP contribution is 2.24. The topological polar surface area (TPSA) is 26.8 Å². The summed E-state index contributed by atoms with van der Waals surface area (Å²) in [6, 6.07) is 8.67. The molecule has 2 rings (SSSR count). The molecule has 1 fully saturated rings. The summed E-state index contributed by atoms with van der Waals surface area (Å²) in [5.41, 5.74) is 2.27. The van der Waals surface area contributed by atoms with Gasteiger partial charge < -0.3 is 9.80 Å². The summed E-state index contributed by atoms with van der Waals surface area (Å²) >= 11 is 0. The molecule has 0 heterocycles. The first-order valence-electron chi connectivity index (χ1n) is 9.09. The van der Waals surface area contributed by atoms with Crippen LogP contribution in [0.1, 0.15) is 42.9 Å². The second kappa shape index (κ2) is 8.63. The van der Waals surface area contributed by atoms with Crippen LogP contribution in [0.2, 0.25) is 0 Å². The molecule has 0 N–H and O–H groups in total. The van der Waals surface area contributed by atoms with E-state index in [1.165, 1.54) is 31.2 Å². The van der Waals surface area contributed by atoms with Crippen LogP contribution in [0.3, 0.4) is 0 Å². The first-order valence-corrected chi connectivity index (χ1v) is 9.09. The summed E-state index contributed by atoms with van der Waals surface area (Å²) < 4.78 is 0. The Morgan fingerprint density at radius 2 is 1.71 bits per heavy atom. The van der Waals surface area contributed by atoms with Gasteiger partial charge in [-0.2, -0.15) is 0 Å². The van der Waals surface area contributed by atoms with Crippen molar-refractivity contribution in [1.82, 2.24) is 14.7 Å². The van der Waals surface area contributed by atoms with Gasteiger partial charge in [0.1, 0.15) is 6.04 Å². The van der Waals surface area contributed by atoms with Gasteiger partial charge in [0.05, 0.1) is 0 Å². The number of carbonyl (C=O) groups excluding carboxylic acids is 1. The fourth-order valence-corrected chi connectivity index (χ4v) is 3.68. The molecule has 1 aliphatic carbocycles. The predicted octanol–water partition coefficient (Wildman–Crippen LogP) is 2.93. The van der Waals surface area contributed by atoms with Crippen molar-refractivity contribution < 1.29 is 4.79 Å². The summed E-state index contributed by atoms with van der Waals surface area (Å²) in [5.74, 6) is 0.175. The fraction of sp³-hybridized carbons (Fsp3) is 0.650. The average Bonchev–Trinajstić information content (AvgIpc) is 3.08. The van der Waals surface area contributed by atoms with Crippen molar-refractivity contribution >= 4 is 5.91 Å². The maximum absolute atomic E-state index is 13.0. The molecule has 1 unspecified atom stereocenters. The van der Waals surface area contributed by atoms with Crippen LogP contribution in [0, 0.1) is 6.92 Å². The molecule has 0 saturated heterocycles. The van der Waals surface area contributed by atoms with E-state index in [9.17, 15) is 4.79 Å². The molecule has 24 heavy (non-hydrogen) atoms. The lowest BCUT2D eigenvalue weighted by Crippen LogP contribution is -2.43. The largest absolute Gasteiger partial charge is 0.343 e. The Labute approximate surface area is 147 Å². The smallest absolute Gasteiger partial charge is 0.244 e. The van der Waals surface area contributed by atoms with E-state index in [4.69, 9.17) is 0 Å². The van der Waals surface area contributed by atoms with Crippen LogP contribution in [0.15, 0.2) is 24.3 Å². The number of carbonyl (C=O) groups is 1. The number of benzene rings is 1. The SMILES string of the molecule is Cc1ccccc1C(C(=O)N(C)CCN(C)C1CCCC1)N(C)C. The van der Waals surface area contributed by atoms with E-state index in [1.807, 2.05) is 43.1 Å². The van der Waals surface area contributed by atoms with E-state index in [1.54, 1.807) is 0 Å². The minimum Gasteiger partial charge on any atom is -0.343 e. The molecule has 0 bridgehead atoms. The first-order chi connectivity index (χ1) is 11.4. The molecule has 1 aromatic carbocycles. The molecule has 1 aliphatic rings. The molecule has 0 spiro atoms. The lowest BCUT2D eigenvalue weighted by atomic mass is 9.99. The second-order valence-electron chi connectivity index (χ2n) is 7.40. The zero-order chi connectivity index (χ0) is 17.7. The maximum Gasteiger partial charge on any atom is 0.244 e. The summed E-state index contributed by atoms with van der Waals surface area (Å²) in [5, 5.41) is 0. The third-order valence-electron chi connectivity index (χ3n) is 5.35. The van der Waals surface area contributed by atoms with Crippen LogP contribution >= 0.6 is 0 Å². The van der Waals surface area contributed by atoms with Gasteiger partial charge in [-0.15, -0.1) is 0 Å². The third-order valence-corrected chi connectivity index (χ3v) is 5.35. The van der Waals surface area contributed by atoms with Gasteiger partial charge in [0.15, 0.2) is 0 Å². The normalized spacial score (nSPS) is 16.8. The number of hydrogen-bond acceptors (Lipinski definition) is 3. The maximum atomic E-state index is 13.0. The van der Waals surface area contributed by atoms with Crippen molar-refractivity contribution in [3.05, 3.63) is 35.4 Å². The molecule has 1 amide bonds. The van der Waals surface area contributed by atoms with Crippen LogP contribution in [0.4, 0.5) is 0 Å². The summed E-state index contributed by atoms with van der Waals surface area (Å²) in [4.78, 5) is 19.4. The number of hydrogen-bond donors (Lipinski definition) is 0. The van der Waals surface area contributed by atoms with Gasteiger partial charge in [0, 0.05) is 26.2 Å². The average molecular weight is 332 g/mol. The third kappa shape index (κ3) is 4.58. The molecule has 4 heteroatoms. The van der Waals surface area contributed by atoms with Gasteiger partial charge in [0.25, 0.3) is 0 Å². The van der Waals surface area contributed by atoms with Crippen molar-refractivity contribution in [2.45, 2.75) is 44.7 Å². The lowest BCUT2D eigenvalue weighted by molar-refractivity contribution is -0.135. The number of amides is 1. The van der Waals surface area contributed by atoms with Gasteiger partial charge in [-0.3, -0.25) is 9.69 Å². The molecule has 0 aliphatic heterocycles. The number of nitrogens with zero attached hydrogens (tertiary/aromatic N) is 3. The Morgan fingerprint density at radius 1 is 1.08 bits per heavy atom. The molecule has 4 nitrogen and oxygen atoms in total. The van der Waals surface area contributed by atoms with E-state index in [-0.39, 0.29) is 11.9 Å². The van der Waals surface area contributed by atoms with Crippen LogP contribution in [-0.4, -0.2) is 67.9 Å². The van der Waals surface area contributed by atoms with Crippen LogP contribution < -0.4 is 0 Å². The molecular weight excluding hydrogens is 298 g/mol. The zero-order valence-corrected chi connectivity index (χ0v) is 16.0. The van der Waals surface area contributed by atoms with Crippen molar-refractivity contribution in [2.24, 2.45) is 0 Å². The zero-order valence-electron chi connectivity index (χ0n) is 16.0. The predicted molar refractivity (Wildman–Crippen MR) is 100 cm³/mol. The van der Waals surface area contributed by atoms with Crippen molar-refractivity contribution in [3.8, 4) is 0 Å². The van der Waals surface area contributed by atoms with Crippen LogP contribution in [0.5, 0.6) is 0 Å². The van der Waals surface area contributed by atoms with Crippen molar-refractivity contribution in [3.63, 3.8) is 0 Å². The highest BCUT2D eigenvalue weighted by Gasteiger charge is 2.27. The van der Waals surface area contributed by atoms with Crippen LogP contribution in [0.25, 0.3) is 0 Å². The van der Waals surface area contributed by atoms with E-state index in [0.29, 0.717) is 6.04 Å². The molecule has 0 radical (unpaired) electrons. The van der Waals surface area contributed by atoms with E-state index in [2.05, 4.69) is 31.0 Å². The highest BCUT2D eigenvalue weighted by atomic mass is 16.2. The molecule has 1 aromatic rings. The van der Waals surface area contributed by atoms with E-state index in [0.717, 1.165) is 18.7 Å². The van der Waals surface area contributed by atoms with Gasteiger partial charge in [-0.05, 0) is 52.0 Å². The van der Waals surface area contributed by atoms with Crippen molar-refractivity contribution in [1.29, 1.82) is 0 Å². The monoisotopic (exact) mass is 331 g/mol. The Balaban J connectivity index is 2.00. The lowest BCUT2D eigenvalue weighted by Gasteiger charge is -2.31. The van der Waals surface area contributed by atoms with Gasteiger partial charge in [-0.1, -0.05) is 37.1 Å². The quantitative estimate of drug-likeness (QED) is 0.768. The van der Waals surface area contributed by atoms with E-state index < -0.39 is 0 Å². The Hall–Kier alpha value is -1.39. The van der Waals surface area contributed by atoms with Gasteiger partial charge in [-0.25, -0.2) is 0 Å². The fourth-order valence-electron chi connectivity index (χ4n) is 3.68. The Morgan fingerprint density at radius 3 is 2.29 bits per heavy atom. The molecule has 0 aromatic heterocycles. The molecule has 134 valence electrons. The number of likely N-dealkylation sites (N-methyl/N-ethyl adjacent to an activating group) is 3. The second-order valence-corrected chi connectivity index (χ2v) is 7.40. The molecule has 1 atom stereocenters. The number of aryl methyl sites for hydroxylation is 1. The minimum atomic E-state index is -0.215. The highest BCUT2D eigenvalue weighted by molar-refractivity contribution is 5.83. The summed E-state index contributed by atoms with van der Waals surface area (Å²) in [6.07, 6.45) is 5.30. The molecule has 1 saturated carbocycles. The first kappa shape index (κ1) is 18.9. The van der Waals surface area contributed by atoms with Crippen LogP contribution in [-0.2, 0) is 4.79 Å². The number of rotatable bonds is 7. The van der Waals surface area contributed by atoms with Gasteiger partial charge in [0.2, 0.25) is 5.91 Å². The summed E-state index contributed by atoms with van der Waals surface area (Å²) in [7, 11) is 8.08. The van der Waals surface area contributed by atoms with E-state index >= 15 is 0 Å². The van der Waals surface area contributed by atoms with Gasteiger partial charge >= 0.3 is 0 Å². The standard InChI is InChI=1S/C20H33N3O/c1-16-10-6-9-13-18(16)19(21(2)3)20(24)23(5)15-14-22(4)17-11-7-8-12-17/h6,9-10,13,17,19H,7-8,11-12,14-15H2,1-5H3.